The van der Waals surface area contributed by atoms with Gasteiger partial charge in [-0.05, 0) is 43.0 Å². The lowest BCUT2D eigenvalue weighted by Gasteiger charge is -2.15. The summed E-state index contributed by atoms with van der Waals surface area (Å²) in [6, 6.07) is 5.43. The van der Waals surface area contributed by atoms with Gasteiger partial charge in [0.25, 0.3) is 0 Å². The minimum atomic E-state index is 0.297. The quantitative estimate of drug-likeness (QED) is 0.855. The van der Waals surface area contributed by atoms with Crippen LogP contribution in [0.2, 0.25) is 10.0 Å². The maximum atomic E-state index is 6.04. The molecule has 0 aromatic heterocycles. The van der Waals surface area contributed by atoms with E-state index < -0.39 is 0 Å². The third-order valence-corrected chi connectivity index (χ3v) is 3.54. The Kier molecular flexibility index (Phi) is 3.10. The zero-order valence-corrected chi connectivity index (χ0v) is 9.91. The van der Waals surface area contributed by atoms with Gasteiger partial charge in [0.15, 0.2) is 0 Å². The van der Waals surface area contributed by atoms with Crippen molar-refractivity contribution < 1.29 is 0 Å². The molecule has 82 valence electrons. The van der Waals surface area contributed by atoms with Crippen molar-refractivity contribution in [1.82, 2.24) is 0 Å². The fourth-order valence-electron chi connectivity index (χ4n) is 1.55. The second-order valence-corrected chi connectivity index (χ2v) is 5.03. The normalized spacial score (nSPS) is 17.5. The van der Waals surface area contributed by atoms with Gasteiger partial charge in [0, 0.05) is 11.6 Å². The molecule has 1 saturated carbocycles. The Balaban J connectivity index is 2.01. The highest BCUT2D eigenvalue weighted by Crippen LogP contribution is 2.44. The van der Waals surface area contributed by atoms with Gasteiger partial charge in [-0.25, -0.2) is 0 Å². The smallest absolute Gasteiger partial charge is 0.0638 e. The van der Waals surface area contributed by atoms with Gasteiger partial charge in [-0.2, -0.15) is 0 Å². The second kappa shape index (κ2) is 4.20. The Morgan fingerprint density at radius 3 is 2.67 bits per heavy atom. The van der Waals surface area contributed by atoms with E-state index in [0.717, 1.165) is 18.8 Å². The predicted octanol–water partition coefficient (Wildman–Crippen LogP) is 3.14. The molecule has 0 spiro atoms. The number of anilines is 1. The summed E-state index contributed by atoms with van der Waals surface area (Å²) in [5.41, 5.74) is 6.89. The Hall–Kier alpha value is -0.440. The van der Waals surface area contributed by atoms with E-state index in [-0.39, 0.29) is 0 Å². The number of benzene rings is 1. The van der Waals surface area contributed by atoms with Gasteiger partial charge >= 0.3 is 0 Å². The summed E-state index contributed by atoms with van der Waals surface area (Å²) in [5.74, 6) is 0. The number of halogens is 2. The standard InChI is InChI=1S/C11H14Cl2N2/c12-8-1-2-9(13)10(5-8)15-7-11(6-14)3-4-11/h1-2,5,15H,3-4,6-7,14H2. The fraction of sp³-hybridized carbons (Fsp3) is 0.455. The molecule has 1 aromatic rings. The molecule has 0 heterocycles. The fourth-order valence-corrected chi connectivity index (χ4v) is 1.90. The lowest BCUT2D eigenvalue weighted by Crippen LogP contribution is -2.24. The van der Waals surface area contributed by atoms with Crippen molar-refractivity contribution in [2.24, 2.45) is 11.1 Å². The Morgan fingerprint density at radius 1 is 1.33 bits per heavy atom. The second-order valence-electron chi connectivity index (χ2n) is 4.18. The van der Waals surface area contributed by atoms with Crippen LogP contribution < -0.4 is 11.1 Å². The average molecular weight is 245 g/mol. The Bertz CT molecular complexity index is 362. The largest absolute Gasteiger partial charge is 0.383 e. The first kappa shape index (κ1) is 11.1. The number of hydrogen-bond acceptors (Lipinski definition) is 2. The summed E-state index contributed by atoms with van der Waals surface area (Å²) in [6.07, 6.45) is 2.41. The summed E-state index contributed by atoms with van der Waals surface area (Å²) in [6.45, 7) is 1.61. The highest BCUT2D eigenvalue weighted by Gasteiger charge is 2.40. The number of nitrogens with one attached hydrogen (secondary N) is 1. The molecule has 2 nitrogen and oxygen atoms in total. The SMILES string of the molecule is NCC1(CNc2cc(Cl)ccc2Cl)CC1. The molecule has 3 N–H and O–H groups in total. The van der Waals surface area contributed by atoms with Gasteiger partial charge in [-0.1, -0.05) is 23.2 Å². The van der Waals surface area contributed by atoms with E-state index in [0.29, 0.717) is 15.5 Å². The molecule has 1 aliphatic rings. The molecule has 1 aliphatic carbocycles. The van der Waals surface area contributed by atoms with Gasteiger partial charge in [0.1, 0.15) is 0 Å². The molecule has 4 heteroatoms. The van der Waals surface area contributed by atoms with Crippen LogP contribution in [0.4, 0.5) is 5.69 Å². The van der Waals surface area contributed by atoms with Gasteiger partial charge < -0.3 is 11.1 Å². The molecule has 0 saturated heterocycles. The molecule has 0 atom stereocenters. The number of hydrogen-bond donors (Lipinski definition) is 2. The van der Waals surface area contributed by atoms with Crippen LogP contribution in [0.1, 0.15) is 12.8 Å². The number of nitrogens with two attached hydrogens (primary N) is 1. The van der Waals surface area contributed by atoms with Crippen molar-refractivity contribution in [3.05, 3.63) is 28.2 Å². The van der Waals surface area contributed by atoms with Crippen LogP contribution in [0.25, 0.3) is 0 Å². The van der Waals surface area contributed by atoms with Crippen LogP contribution in [0.15, 0.2) is 18.2 Å². The van der Waals surface area contributed by atoms with E-state index in [1.807, 2.05) is 6.07 Å². The van der Waals surface area contributed by atoms with Crippen molar-refractivity contribution >= 4 is 28.9 Å². The summed E-state index contributed by atoms with van der Waals surface area (Å²) in [7, 11) is 0. The Labute approximate surface area is 99.7 Å². The van der Waals surface area contributed by atoms with Crippen molar-refractivity contribution in [3.63, 3.8) is 0 Å². The summed E-state index contributed by atoms with van der Waals surface area (Å²) in [4.78, 5) is 0. The first-order chi connectivity index (χ1) is 7.15. The third-order valence-electron chi connectivity index (χ3n) is 2.97. The van der Waals surface area contributed by atoms with E-state index in [1.165, 1.54) is 12.8 Å². The van der Waals surface area contributed by atoms with Gasteiger partial charge in [0.2, 0.25) is 0 Å². The summed E-state index contributed by atoms with van der Waals surface area (Å²) < 4.78 is 0. The van der Waals surface area contributed by atoms with Gasteiger partial charge in [-0.3, -0.25) is 0 Å². The summed E-state index contributed by atoms with van der Waals surface area (Å²) in [5, 5.41) is 4.71. The van der Waals surface area contributed by atoms with Crippen LogP contribution in [0, 0.1) is 5.41 Å². The monoisotopic (exact) mass is 244 g/mol. The van der Waals surface area contributed by atoms with E-state index in [2.05, 4.69) is 5.32 Å². The topological polar surface area (TPSA) is 38.0 Å². The highest BCUT2D eigenvalue weighted by atomic mass is 35.5. The predicted molar refractivity (Wildman–Crippen MR) is 65.7 cm³/mol. The molecule has 0 radical (unpaired) electrons. The van der Waals surface area contributed by atoms with Crippen molar-refractivity contribution in [2.75, 3.05) is 18.4 Å². The van der Waals surface area contributed by atoms with Crippen molar-refractivity contribution in [3.8, 4) is 0 Å². The number of rotatable bonds is 4. The highest BCUT2D eigenvalue weighted by molar-refractivity contribution is 6.35. The lowest BCUT2D eigenvalue weighted by atomic mass is 10.1. The minimum Gasteiger partial charge on any atom is -0.383 e. The van der Waals surface area contributed by atoms with E-state index in [1.54, 1.807) is 12.1 Å². The molecule has 15 heavy (non-hydrogen) atoms. The molecular formula is C11H14Cl2N2. The Morgan fingerprint density at radius 2 is 2.07 bits per heavy atom. The molecule has 0 bridgehead atoms. The molecule has 1 aromatic carbocycles. The van der Waals surface area contributed by atoms with Crippen LogP contribution >= 0.6 is 23.2 Å². The van der Waals surface area contributed by atoms with Crippen LogP contribution in [0.3, 0.4) is 0 Å². The minimum absolute atomic E-state index is 0.297. The maximum Gasteiger partial charge on any atom is 0.0638 e. The van der Waals surface area contributed by atoms with Crippen molar-refractivity contribution in [2.45, 2.75) is 12.8 Å². The van der Waals surface area contributed by atoms with Gasteiger partial charge in [0.05, 0.1) is 10.7 Å². The van der Waals surface area contributed by atoms with Crippen LogP contribution in [-0.4, -0.2) is 13.1 Å². The first-order valence-corrected chi connectivity index (χ1v) is 5.80. The zero-order chi connectivity index (χ0) is 10.9. The van der Waals surface area contributed by atoms with E-state index in [9.17, 15) is 0 Å². The summed E-state index contributed by atoms with van der Waals surface area (Å²) >= 11 is 11.9. The van der Waals surface area contributed by atoms with Gasteiger partial charge in [-0.15, -0.1) is 0 Å². The van der Waals surface area contributed by atoms with E-state index >= 15 is 0 Å². The van der Waals surface area contributed by atoms with Crippen LogP contribution in [-0.2, 0) is 0 Å². The average Bonchev–Trinajstić information content (AvgIpc) is 3.00. The molecule has 1 fully saturated rings. The molecule has 0 unspecified atom stereocenters. The molecule has 0 aliphatic heterocycles. The van der Waals surface area contributed by atoms with Crippen molar-refractivity contribution in [1.29, 1.82) is 0 Å². The molecular weight excluding hydrogens is 231 g/mol. The van der Waals surface area contributed by atoms with E-state index in [4.69, 9.17) is 28.9 Å². The maximum absolute atomic E-state index is 6.04. The lowest BCUT2D eigenvalue weighted by molar-refractivity contribution is 0.556. The zero-order valence-electron chi connectivity index (χ0n) is 8.39. The first-order valence-electron chi connectivity index (χ1n) is 5.04. The van der Waals surface area contributed by atoms with Crippen LogP contribution in [0.5, 0.6) is 0 Å². The molecule has 2 rings (SSSR count). The third kappa shape index (κ3) is 2.57. The molecule has 0 amide bonds.